The van der Waals surface area contributed by atoms with Gasteiger partial charge in [0.25, 0.3) is 0 Å². The molecule has 2 rings (SSSR count). The largest absolute Gasteiger partial charge is 0.478 e. The van der Waals surface area contributed by atoms with Gasteiger partial charge in [-0.3, -0.25) is 4.79 Å². The van der Waals surface area contributed by atoms with Crippen LogP contribution in [0.25, 0.3) is 0 Å². The van der Waals surface area contributed by atoms with E-state index in [-0.39, 0.29) is 5.91 Å². The number of rotatable bonds is 5. The van der Waals surface area contributed by atoms with Gasteiger partial charge in [0, 0.05) is 26.7 Å². The summed E-state index contributed by atoms with van der Waals surface area (Å²) in [6.07, 6.45) is -1.13. The Kier molecular flexibility index (Phi) is 8.21. The smallest absolute Gasteiger partial charge is 0.349 e. The zero-order valence-corrected chi connectivity index (χ0v) is 22.2. The van der Waals surface area contributed by atoms with E-state index in [0.29, 0.717) is 20.6 Å². The number of hydrogen-bond donors (Lipinski definition) is 1. The van der Waals surface area contributed by atoms with Crippen LogP contribution in [0.4, 0.5) is 5.69 Å². The average molecular weight is 803 g/mol. The fraction of sp³-hybridized carbons (Fsp3) is 0.176. The average Bonchev–Trinajstić information content (AvgIpc) is 2.55. The van der Waals surface area contributed by atoms with E-state index in [4.69, 9.17) is 4.74 Å². The maximum atomic E-state index is 11.8. The molecule has 1 amide bonds. The van der Waals surface area contributed by atoms with Crippen molar-refractivity contribution in [3.8, 4) is 5.75 Å². The molecule has 0 saturated heterocycles. The van der Waals surface area contributed by atoms with Crippen LogP contribution in [0.5, 0.6) is 5.75 Å². The molecule has 0 bridgehead atoms. The van der Waals surface area contributed by atoms with E-state index in [9.17, 15) is 14.7 Å². The van der Waals surface area contributed by atoms with E-state index in [1.165, 1.54) is 11.8 Å². The summed E-state index contributed by atoms with van der Waals surface area (Å²) in [5, 5.41) is 9.66. The van der Waals surface area contributed by atoms with Crippen LogP contribution in [0, 0.1) is 14.3 Å². The highest BCUT2D eigenvalue weighted by atomic mass is 127. The quantitative estimate of drug-likeness (QED) is 0.418. The third kappa shape index (κ3) is 5.12. The first-order valence-electron chi connectivity index (χ1n) is 7.20. The summed E-state index contributed by atoms with van der Waals surface area (Å²) in [4.78, 5) is 25.2. The summed E-state index contributed by atoms with van der Waals surface area (Å²) in [6.45, 7) is 1.48. The van der Waals surface area contributed by atoms with Crippen molar-refractivity contribution in [2.24, 2.45) is 0 Å². The molecule has 138 valence electrons. The van der Waals surface area contributed by atoms with E-state index in [0.717, 1.165) is 10.7 Å². The SMILES string of the molecule is CC(=O)N(C)c1c(I)cc(I)c(OC(C(=O)O)c2ccc(I)cc2)c1I. The molecule has 1 unspecified atom stereocenters. The number of carbonyl (C=O) groups excluding carboxylic acids is 1. The lowest BCUT2D eigenvalue weighted by atomic mass is 10.1. The molecule has 2 aromatic carbocycles. The summed E-state index contributed by atoms with van der Waals surface area (Å²) in [5.41, 5.74) is 1.27. The Labute approximate surface area is 205 Å². The molecule has 0 heterocycles. The fourth-order valence-corrected chi connectivity index (χ4v) is 6.86. The molecule has 9 heteroatoms. The Balaban J connectivity index is 2.52. The van der Waals surface area contributed by atoms with Gasteiger partial charge in [-0.2, -0.15) is 0 Å². The second-order valence-electron chi connectivity index (χ2n) is 5.30. The number of anilines is 1. The van der Waals surface area contributed by atoms with Gasteiger partial charge in [0.15, 0.2) is 0 Å². The molecule has 0 fully saturated rings. The summed E-state index contributed by atoms with van der Waals surface area (Å²) in [7, 11) is 1.69. The van der Waals surface area contributed by atoms with Crippen LogP contribution < -0.4 is 9.64 Å². The number of benzene rings is 2. The van der Waals surface area contributed by atoms with E-state index >= 15 is 0 Å². The number of nitrogens with zero attached hydrogens (tertiary/aromatic N) is 1. The molecule has 0 aliphatic rings. The van der Waals surface area contributed by atoms with E-state index < -0.39 is 12.1 Å². The van der Waals surface area contributed by atoms with Crippen molar-refractivity contribution < 1.29 is 19.4 Å². The zero-order valence-electron chi connectivity index (χ0n) is 13.6. The van der Waals surface area contributed by atoms with Crippen LogP contribution in [0.3, 0.4) is 0 Å². The van der Waals surface area contributed by atoms with Gasteiger partial charge in [-0.05, 0) is 109 Å². The standard InChI is InChI=1S/C17H13I4NO4/c1-8(23)22(2)14-11(19)7-12(20)16(13(14)21)26-15(17(24)25)9-3-5-10(18)6-4-9/h3-7,15H,1-2H3,(H,24,25). The van der Waals surface area contributed by atoms with Crippen LogP contribution in [-0.2, 0) is 9.59 Å². The molecule has 0 saturated carbocycles. The topological polar surface area (TPSA) is 66.8 Å². The molecule has 26 heavy (non-hydrogen) atoms. The molecular weight excluding hydrogens is 790 g/mol. The summed E-state index contributed by atoms with van der Waals surface area (Å²) >= 11 is 8.54. The minimum absolute atomic E-state index is 0.111. The van der Waals surface area contributed by atoms with Gasteiger partial charge in [-0.25, -0.2) is 4.79 Å². The molecule has 0 aromatic heterocycles. The minimum atomic E-state index is -1.13. The number of carbonyl (C=O) groups is 2. The maximum absolute atomic E-state index is 11.8. The Morgan fingerprint density at radius 3 is 2.15 bits per heavy atom. The number of carboxylic acids is 1. The van der Waals surface area contributed by atoms with Gasteiger partial charge >= 0.3 is 5.97 Å². The molecule has 5 nitrogen and oxygen atoms in total. The molecule has 2 aromatic rings. The van der Waals surface area contributed by atoms with Crippen molar-refractivity contribution in [2.75, 3.05) is 11.9 Å². The van der Waals surface area contributed by atoms with Gasteiger partial charge in [0.05, 0.1) is 12.8 Å². The molecule has 1 N–H and O–H groups in total. The molecule has 0 spiro atoms. The molecule has 0 radical (unpaired) electrons. The lowest BCUT2D eigenvalue weighted by Gasteiger charge is -2.23. The lowest BCUT2D eigenvalue weighted by Crippen LogP contribution is -2.26. The predicted molar refractivity (Wildman–Crippen MR) is 134 cm³/mol. The minimum Gasteiger partial charge on any atom is -0.478 e. The second kappa shape index (κ2) is 9.54. The molecular formula is C17H13I4NO4. The highest BCUT2D eigenvalue weighted by Gasteiger charge is 2.27. The van der Waals surface area contributed by atoms with E-state index in [1.54, 1.807) is 19.2 Å². The Morgan fingerprint density at radius 1 is 1.08 bits per heavy atom. The van der Waals surface area contributed by atoms with Crippen molar-refractivity contribution >= 4 is 108 Å². The third-order valence-electron chi connectivity index (χ3n) is 3.54. The van der Waals surface area contributed by atoms with Gasteiger partial charge in [0.1, 0.15) is 5.75 Å². The number of ether oxygens (including phenoxy) is 1. The highest BCUT2D eigenvalue weighted by molar-refractivity contribution is 14.1. The zero-order chi connectivity index (χ0) is 19.6. The predicted octanol–water partition coefficient (Wildman–Crippen LogP) is 5.29. The Bertz CT molecular complexity index is 855. The van der Waals surface area contributed by atoms with Gasteiger partial charge in [-0.15, -0.1) is 0 Å². The van der Waals surface area contributed by atoms with Crippen LogP contribution in [0.15, 0.2) is 30.3 Å². The highest BCUT2D eigenvalue weighted by Crippen LogP contribution is 2.40. The normalized spacial score (nSPS) is 11.8. The first kappa shape index (κ1) is 22.4. The first-order valence-corrected chi connectivity index (χ1v) is 11.5. The summed E-state index contributed by atoms with van der Waals surface area (Å²) < 4.78 is 9.32. The first-order chi connectivity index (χ1) is 12.1. The Hall–Kier alpha value is 0.1000. The van der Waals surface area contributed by atoms with E-state index in [2.05, 4.69) is 90.4 Å². The fourth-order valence-electron chi connectivity index (χ4n) is 2.15. The lowest BCUT2D eigenvalue weighted by molar-refractivity contribution is -0.145. The number of aliphatic carboxylic acids is 1. The van der Waals surface area contributed by atoms with Gasteiger partial charge in [0.2, 0.25) is 12.0 Å². The number of amides is 1. The van der Waals surface area contributed by atoms with Crippen molar-refractivity contribution in [3.05, 3.63) is 50.2 Å². The number of halogens is 4. The van der Waals surface area contributed by atoms with Gasteiger partial charge < -0.3 is 14.7 Å². The number of hydrogen-bond acceptors (Lipinski definition) is 3. The van der Waals surface area contributed by atoms with Crippen LogP contribution in [0.1, 0.15) is 18.6 Å². The van der Waals surface area contributed by atoms with Crippen LogP contribution in [0.2, 0.25) is 0 Å². The summed E-state index contributed by atoms with van der Waals surface area (Å²) in [6, 6.07) is 9.05. The number of carboxylic acid groups (broad SMARTS) is 1. The Morgan fingerprint density at radius 2 is 1.65 bits per heavy atom. The third-order valence-corrected chi connectivity index (χ3v) is 6.89. The molecule has 0 aliphatic heterocycles. The second-order valence-corrected chi connectivity index (χ2v) is 9.95. The van der Waals surface area contributed by atoms with Gasteiger partial charge in [-0.1, -0.05) is 12.1 Å². The maximum Gasteiger partial charge on any atom is 0.349 e. The van der Waals surface area contributed by atoms with Crippen molar-refractivity contribution in [2.45, 2.75) is 13.0 Å². The van der Waals surface area contributed by atoms with Crippen molar-refractivity contribution in [1.29, 1.82) is 0 Å². The molecule has 0 aliphatic carbocycles. The monoisotopic (exact) mass is 803 g/mol. The summed E-state index contributed by atoms with van der Waals surface area (Å²) in [5.74, 6) is -0.723. The van der Waals surface area contributed by atoms with Crippen molar-refractivity contribution in [3.63, 3.8) is 0 Å². The molecule has 1 atom stereocenters. The van der Waals surface area contributed by atoms with Crippen LogP contribution >= 0.6 is 90.4 Å². The van der Waals surface area contributed by atoms with Crippen molar-refractivity contribution in [1.82, 2.24) is 0 Å². The van der Waals surface area contributed by atoms with E-state index in [1.807, 2.05) is 18.2 Å². The van der Waals surface area contributed by atoms with Crippen LogP contribution in [-0.4, -0.2) is 24.0 Å².